The first kappa shape index (κ1) is 15.5. The van der Waals surface area contributed by atoms with Gasteiger partial charge >= 0.3 is 5.97 Å². The molecule has 0 fully saturated rings. The molecule has 3 rings (SSSR count). The zero-order valence-electron chi connectivity index (χ0n) is 13.9. The van der Waals surface area contributed by atoms with Gasteiger partial charge in [0.1, 0.15) is 0 Å². The molecule has 1 aliphatic rings. The molecule has 0 saturated heterocycles. The standard InChI is InChI=1S/C19H22N2O2/c1-4-23-19(22)10-18-17-9-14(3)13(2)8-15(17)12-21(18)16-6-5-7-20-11-16/h5-9,11,18H,4,10,12H2,1-3H3. The average molecular weight is 310 g/mol. The lowest BCUT2D eigenvalue weighted by atomic mass is 9.97. The number of nitrogens with zero attached hydrogens (tertiary/aromatic N) is 2. The molecule has 0 aliphatic carbocycles. The number of carbonyl (C=O) groups is 1. The van der Waals surface area contributed by atoms with Gasteiger partial charge in [-0.25, -0.2) is 0 Å². The maximum absolute atomic E-state index is 12.1. The highest BCUT2D eigenvalue weighted by molar-refractivity contribution is 5.72. The van der Waals surface area contributed by atoms with E-state index in [0.717, 1.165) is 12.2 Å². The molecule has 0 saturated carbocycles. The number of ether oxygens (including phenoxy) is 1. The third-order valence-corrected chi connectivity index (χ3v) is 4.47. The van der Waals surface area contributed by atoms with Gasteiger partial charge in [-0.1, -0.05) is 12.1 Å². The van der Waals surface area contributed by atoms with Crippen molar-refractivity contribution >= 4 is 11.7 Å². The molecule has 0 bridgehead atoms. The molecule has 0 N–H and O–H groups in total. The summed E-state index contributed by atoms with van der Waals surface area (Å²) >= 11 is 0. The maximum Gasteiger partial charge on any atom is 0.308 e. The Morgan fingerprint density at radius 3 is 2.83 bits per heavy atom. The fourth-order valence-corrected chi connectivity index (χ4v) is 3.20. The molecule has 2 aromatic rings. The van der Waals surface area contributed by atoms with Crippen molar-refractivity contribution in [1.82, 2.24) is 4.98 Å². The first-order valence-electron chi connectivity index (χ1n) is 8.02. The molecular formula is C19H22N2O2. The maximum atomic E-state index is 12.1. The van der Waals surface area contributed by atoms with Gasteiger partial charge in [-0.05, 0) is 55.2 Å². The normalized spacial score (nSPS) is 16.3. The molecule has 4 heteroatoms. The number of fused-ring (bicyclic) bond motifs is 1. The quantitative estimate of drug-likeness (QED) is 0.807. The predicted octanol–water partition coefficient (Wildman–Crippen LogP) is 3.71. The summed E-state index contributed by atoms with van der Waals surface area (Å²) < 4.78 is 5.18. The Balaban J connectivity index is 1.98. The van der Waals surface area contributed by atoms with Gasteiger partial charge in [-0.15, -0.1) is 0 Å². The Morgan fingerprint density at radius 2 is 2.13 bits per heavy atom. The number of benzene rings is 1. The number of anilines is 1. The summed E-state index contributed by atoms with van der Waals surface area (Å²) in [7, 11) is 0. The van der Waals surface area contributed by atoms with Gasteiger partial charge in [-0.2, -0.15) is 0 Å². The van der Waals surface area contributed by atoms with Gasteiger partial charge in [-0.3, -0.25) is 9.78 Å². The van der Waals surface area contributed by atoms with Crippen LogP contribution in [0.1, 0.15) is 41.6 Å². The minimum atomic E-state index is -0.155. The molecule has 1 unspecified atom stereocenters. The van der Waals surface area contributed by atoms with Gasteiger partial charge in [0.15, 0.2) is 0 Å². The summed E-state index contributed by atoms with van der Waals surface area (Å²) in [6, 6.07) is 8.42. The summed E-state index contributed by atoms with van der Waals surface area (Å²) in [5, 5.41) is 0. The van der Waals surface area contributed by atoms with E-state index >= 15 is 0 Å². The van der Waals surface area contributed by atoms with Crippen LogP contribution in [0.2, 0.25) is 0 Å². The van der Waals surface area contributed by atoms with E-state index in [1.807, 2.05) is 25.3 Å². The Labute approximate surface area is 137 Å². The lowest BCUT2D eigenvalue weighted by molar-refractivity contribution is -0.143. The van der Waals surface area contributed by atoms with Crippen molar-refractivity contribution in [2.75, 3.05) is 11.5 Å². The topological polar surface area (TPSA) is 42.4 Å². The van der Waals surface area contributed by atoms with Gasteiger partial charge in [0, 0.05) is 12.7 Å². The van der Waals surface area contributed by atoms with Gasteiger partial charge in [0.25, 0.3) is 0 Å². The number of hydrogen-bond donors (Lipinski definition) is 0. The molecular weight excluding hydrogens is 288 g/mol. The van der Waals surface area contributed by atoms with E-state index in [0.29, 0.717) is 13.0 Å². The van der Waals surface area contributed by atoms with Gasteiger partial charge in [0.2, 0.25) is 0 Å². The molecule has 23 heavy (non-hydrogen) atoms. The van der Waals surface area contributed by atoms with Crippen LogP contribution >= 0.6 is 0 Å². The Hall–Kier alpha value is -2.36. The fourth-order valence-electron chi connectivity index (χ4n) is 3.20. The molecule has 0 radical (unpaired) electrons. The van der Waals surface area contributed by atoms with Crippen LogP contribution in [-0.2, 0) is 16.1 Å². The lowest BCUT2D eigenvalue weighted by Crippen LogP contribution is -2.24. The van der Waals surface area contributed by atoms with E-state index in [2.05, 4.69) is 35.9 Å². The molecule has 0 amide bonds. The average Bonchev–Trinajstić information content (AvgIpc) is 2.87. The van der Waals surface area contributed by atoms with Crippen molar-refractivity contribution in [1.29, 1.82) is 0 Å². The van der Waals surface area contributed by atoms with Crippen LogP contribution in [0.25, 0.3) is 0 Å². The molecule has 1 aromatic carbocycles. The van der Waals surface area contributed by atoms with E-state index in [9.17, 15) is 4.79 Å². The molecule has 4 nitrogen and oxygen atoms in total. The van der Waals surface area contributed by atoms with Gasteiger partial charge < -0.3 is 9.64 Å². The summed E-state index contributed by atoms with van der Waals surface area (Å²) in [6.07, 6.45) is 3.98. The Bertz CT molecular complexity index is 713. The molecule has 120 valence electrons. The number of aromatic nitrogens is 1. The van der Waals surface area contributed by atoms with Crippen molar-refractivity contribution < 1.29 is 9.53 Å². The van der Waals surface area contributed by atoms with Crippen molar-refractivity contribution in [2.45, 2.75) is 39.8 Å². The Morgan fingerprint density at radius 1 is 1.35 bits per heavy atom. The monoisotopic (exact) mass is 310 g/mol. The second-order valence-corrected chi connectivity index (χ2v) is 6.00. The first-order valence-corrected chi connectivity index (χ1v) is 8.02. The summed E-state index contributed by atoms with van der Waals surface area (Å²) in [5.74, 6) is -0.155. The second kappa shape index (κ2) is 6.41. The number of pyridine rings is 1. The fraction of sp³-hybridized carbons (Fsp3) is 0.368. The number of rotatable bonds is 4. The largest absolute Gasteiger partial charge is 0.466 e. The third kappa shape index (κ3) is 3.07. The minimum Gasteiger partial charge on any atom is -0.466 e. The number of carbonyl (C=O) groups excluding carboxylic acids is 1. The summed E-state index contributed by atoms with van der Waals surface area (Å²) in [4.78, 5) is 18.5. The van der Waals surface area contributed by atoms with Crippen LogP contribution in [0.15, 0.2) is 36.7 Å². The first-order chi connectivity index (χ1) is 11.1. The highest BCUT2D eigenvalue weighted by atomic mass is 16.5. The molecule has 1 aliphatic heterocycles. The van der Waals surface area contributed by atoms with Crippen molar-refractivity contribution in [3.8, 4) is 0 Å². The summed E-state index contributed by atoms with van der Waals surface area (Å²) in [6.45, 7) is 7.30. The zero-order valence-corrected chi connectivity index (χ0v) is 13.9. The Kier molecular flexibility index (Phi) is 4.33. The van der Waals surface area contributed by atoms with E-state index < -0.39 is 0 Å². The van der Waals surface area contributed by atoms with Crippen LogP contribution in [0.5, 0.6) is 0 Å². The van der Waals surface area contributed by atoms with E-state index in [4.69, 9.17) is 4.74 Å². The van der Waals surface area contributed by atoms with E-state index in [-0.39, 0.29) is 12.0 Å². The van der Waals surface area contributed by atoms with Crippen molar-refractivity contribution in [2.24, 2.45) is 0 Å². The van der Waals surface area contributed by atoms with E-state index in [1.54, 1.807) is 6.20 Å². The molecule has 1 atom stereocenters. The molecule has 2 heterocycles. The molecule has 0 spiro atoms. The van der Waals surface area contributed by atoms with Crippen LogP contribution < -0.4 is 4.90 Å². The SMILES string of the molecule is CCOC(=O)CC1c2cc(C)c(C)cc2CN1c1cccnc1. The van der Waals surface area contributed by atoms with Gasteiger partial charge in [0.05, 0.1) is 31.0 Å². The zero-order chi connectivity index (χ0) is 16.4. The van der Waals surface area contributed by atoms with Crippen LogP contribution in [-0.4, -0.2) is 17.6 Å². The highest BCUT2D eigenvalue weighted by Gasteiger charge is 2.33. The minimum absolute atomic E-state index is 0.00699. The second-order valence-electron chi connectivity index (χ2n) is 6.00. The number of hydrogen-bond acceptors (Lipinski definition) is 4. The van der Waals surface area contributed by atoms with E-state index in [1.165, 1.54) is 22.3 Å². The lowest BCUT2D eigenvalue weighted by Gasteiger charge is -2.26. The van der Waals surface area contributed by atoms with Crippen molar-refractivity contribution in [3.05, 3.63) is 58.9 Å². The van der Waals surface area contributed by atoms with Crippen LogP contribution in [0, 0.1) is 13.8 Å². The smallest absolute Gasteiger partial charge is 0.308 e. The van der Waals surface area contributed by atoms with Crippen molar-refractivity contribution in [3.63, 3.8) is 0 Å². The predicted molar refractivity (Wildman–Crippen MR) is 90.3 cm³/mol. The van der Waals surface area contributed by atoms with Crippen LogP contribution in [0.4, 0.5) is 5.69 Å². The third-order valence-electron chi connectivity index (χ3n) is 4.47. The highest BCUT2D eigenvalue weighted by Crippen LogP contribution is 2.40. The number of aryl methyl sites for hydroxylation is 2. The molecule has 1 aromatic heterocycles. The van der Waals surface area contributed by atoms with Crippen LogP contribution in [0.3, 0.4) is 0 Å². The number of esters is 1. The summed E-state index contributed by atoms with van der Waals surface area (Å²) in [5.41, 5.74) is 6.09.